The summed E-state index contributed by atoms with van der Waals surface area (Å²) in [5, 5.41) is 21.2. The van der Waals surface area contributed by atoms with E-state index < -0.39 is 0 Å². The lowest BCUT2D eigenvalue weighted by atomic mass is 9.91. The van der Waals surface area contributed by atoms with Gasteiger partial charge in [-0.05, 0) is 18.8 Å². The molecule has 4 N–H and O–H groups in total. The Morgan fingerprint density at radius 2 is 2.33 bits per heavy atom. The van der Waals surface area contributed by atoms with Crippen LogP contribution in [0.25, 0.3) is 0 Å². The lowest BCUT2D eigenvalue weighted by molar-refractivity contribution is 0.0280. The molecule has 1 fully saturated rings. The Morgan fingerprint density at radius 1 is 1.60 bits per heavy atom. The summed E-state index contributed by atoms with van der Waals surface area (Å²) in [5.41, 5.74) is 5.45. The van der Waals surface area contributed by atoms with Crippen molar-refractivity contribution in [2.45, 2.75) is 32.3 Å². The van der Waals surface area contributed by atoms with Crippen LogP contribution >= 0.6 is 0 Å². The smallest absolute Gasteiger partial charge is 0.153 e. The lowest BCUT2D eigenvalue weighted by Gasteiger charge is -2.35. The van der Waals surface area contributed by atoms with Crippen molar-refractivity contribution in [3.05, 3.63) is 0 Å². The predicted octanol–water partition coefficient (Wildman–Crippen LogP) is 0.216. The molecule has 5 heteroatoms. The summed E-state index contributed by atoms with van der Waals surface area (Å²) >= 11 is 0. The first-order valence-corrected chi connectivity index (χ1v) is 5.54. The highest BCUT2D eigenvalue weighted by molar-refractivity contribution is 5.81. The Morgan fingerprint density at radius 3 is 2.93 bits per heavy atom. The molecule has 1 aliphatic rings. The molecule has 5 nitrogen and oxygen atoms in total. The monoisotopic (exact) mass is 215 g/mol. The van der Waals surface area contributed by atoms with Gasteiger partial charge in [0.25, 0.3) is 0 Å². The molecule has 2 atom stereocenters. The largest absolute Gasteiger partial charge is 0.409 e. The van der Waals surface area contributed by atoms with Crippen molar-refractivity contribution in [2.24, 2.45) is 16.8 Å². The number of aliphatic hydroxyl groups excluding tert-OH is 1. The van der Waals surface area contributed by atoms with Gasteiger partial charge in [0.1, 0.15) is 0 Å². The minimum Gasteiger partial charge on any atom is -0.409 e. The first kappa shape index (κ1) is 12.3. The molecule has 15 heavy (non-hydrogen) atoms. The molecule has 1 aliphatic heterocycles. The zero-order chi connectivity index (χ0) is 11.3. The molecule has 0 saturated carbocycles. The van der Waals surface area contributed by atoms with Crippen LogP contribution in [0.1, 0.15) is 26.2 Å². The number of nitrogens with zero attached hydrogens (tertiary/aromatic N) is 2. The fourth-order valence-electron chi connectivity index (χ4n) is 2.15. The van der Waals surface area contributed by atoms with E-state index in [1.807, 2.05) is 0 Å². The van der Waals surface area contributed by atoms with Crippen molar-refractivity contribution in [3.63, 3.8) is 0 Å². The van der Waals surface area contributed by atoms with E-state index in [9.17, 15) is 5.11 Å². The van der Waals surface area contributed by atoms with Gasteiger partial charge < -0.3 is 16.0 Å². The lowest BCUT2D eigenvalue weighted by Crippen LogP contribution is -2.46. The van der Waals surface area contributed by atoms with Gasteiger partial charge in [0.15, 0.2) is 5.84 Å². The van der Waals surface area contributed by atoms with Crippen LogP contribution in [0.5, 0.6) is 0 Å². The van der Waals surface area contributed by atoms with Gasteiger partial charge >= 0.3 is 0 Å². The van der Waals surface area contributed by atoms with Gasteiger partial charge in [-0.25, -0.2) is 0 Å². The van der Waals surface area contributed by atoms with Crippen molar-refractivity contribution in [1.82, 2.24) is 4.90 Å². The molecule has 0 aromatic rings. The van der Waals surface area contributed by atoms with Gasteiger partial charge in [0.05, 0.1) is 12.6 Å². The third kappa shape index (κ3) is 3.68. The minimum absolute atomic E-state index is 0.187. The molecule has 0 unspecified atom stereocenters. The second-order valence-corrected chi connectivity index (χ2v) is 4.23. The third-order valence-electron chi connectivity index (χ3n) is 2.95. The van der Waals surface area contributed by atoms with Gasteiger partial charge in [-0.15, -0.1) is 0 Å². The summed E-state index contributed by atoms with van der Waals surface area (Å²) in [4.78, 5) is 2.13. The second kappa shape index (κ2) is 5.92. The third-order valence-corrected chi connectivity index (χ3v) is 2.95. The summed E-state index contributed by atoms with van der Waals surface area (Å²) in [6, 6.07) is 0. The first-order chi connectivity index (χ1) is 7.17. The number of piperidine rings is 1. The van der Waals surface area contributed by atoms with E-state index in [1.54, 1.807) is 0 Å². The normalized spacial score (nSPS) is 29.3. The maximum Gasteiger partial charge on any atom is 0.153 e. The molecule has 0 bridgehead atoms. The number of hydrogen-bond acceptors (Lipinski definition) is 4. The molecular formula is C10H21N3O2. The van der Waals surface area contributed by atoms with E-state index in [1.165, 1.54) is 0 Å². The average molecular weight is 215 g/mol. The van der Waals surface area contributed by atoms with Crippen LogP contribution < -0.4 is 5.73 Å². The minimum atomic E-state index is -0.187. The molecule has 88 valence electrons. The van der Waals surface area contributed by atoms with Crippen molar-refractivity contribution >= 4 is 5.84 Å². The van der Waals surface area contributed by atoms with Gasteiger partial charge in [-0.3, -0.25) is 4.90 Å². The molecule has 0 amide bonds. The van der Waals surface area contributed by atoms with Gasteiger partial charge in [-0.1, -0.05) is 18.5 Å². The molecule has 0 aliphatic carbocycles. The fourth-order valence-corrected chi connectivity index (χ4v) is 2.15. The Labute approximate surface area is 90.6 Å². The summed E-state index contributed by atoms with van der Waals surface area (Å²) in [6.07, 6.45) is 2.71. The van der Waals surface area contributed by atoms with Crippen LogP contribution in [0.4, 0.5) is 0 Å². The number of oxime groups is 1. The maximum atomic E-state index is 9.77. The highest BCUT2D eigenvalue weighted by Crippen LogP contribution is 2.21. The standard InChI is InChI=1S/C10H21N3O2/c1-2-3-8-6-13(5-4-9(8)14)7-10(11)12-15/h8-9,14-15H,2-7H2,1H3,(H2,11,12)/t8-,9-/m1/s1. The van der Waals surface area contributed by atoms with Crippen LogP contribution in [0.3, 0.4) is 0 Å². The molecule has 0 aromatic heterocycles. The number of hydrogen-bond donors (Lipinski definition) is 3. The van der Waals surface area contributed by atoms with Crippen molar-refractivity contribution in [3.8, 4) is 0 Å². The molecule has 0 aromatic carbocycles. The Bertz CT molecular complexity index is 221. The van der Waals surface area contributed by atoms with Crippen molar-refractivity contribution in [1.29, 1.82) is 0 Å². The van der Waals surface area contributed by atoms with Gasteiger partial charge in [0.2, 0.25) is 0 Å². The first-order valence-electron chi connectivity index (χ1n) is 5.54. The molecule has 1 heterocycles. The van der Waals surface area contributed by atoms with Crippen LogP contribution in [0.15, 0.2) is 5.16 Å². The number of amidine groups is 1. The highest BCUT2D eigenvalue weighted by Gasteiger charge is 2.27. The number of aliphatic hydroxyl groups is 1. The van der Waals surface area contributed by atoms with E-state index in [0.717, 1.165) is 32.4 Å². The Balaban J connectivity index is 2.42. The quantitative estimate of drug-likeness (QED) is 0.271. The van der Waals surface area contributed by atoms with E-state index in [-0.39, 0.29) is 11.9 Å². The second-order valence-electron chi connectivity index (χ2n) is 4.23. The topological polar surface area (TPSA) is 82.1 Å². The van der Waals surface area contributed by atoms with Crippen molar-refractivity contribution in [2.75, 3.05) is 19.6 Å². The zero-order valence-electron chi connectivity index (χ0n) is 9.26. The molecule has 1 rings (SSSR count). The van der Waals surface area contributed by atoms with E-state index in [0.29, 0.717) is 12.5 Å². The summed E-state index contributed by atoms with van der Waals surface area (Å²) < 4.78 is 0. The number of rotatable bonds is 4. The van der Waals surface area contributed by atoms with E-state index in [4.69, 9.17) is 10.9 Å². The van der Waals surface area contributed by atoms with Crippen molar-refractivity contribution < 1.29 is 10.3 Å². The van der Waals surface area contributed by atoms with Crippen LogP contribution in [0, 0.1) is 5.92 Å². The average Bonchev–Trinajstić information content (AvgIpc) is 2.23. The van der Waals surface area contributed by atoms with Crippen LogP contribution in [0.2, 0.25) is 0 Å². The van der Waals surface area contributed by atoms with E-state index in [2.05, 4.69) is 17.0 Å². The molecular weight excluding hydrogens is 194 g/mol. The molecule has 0 radical (unpaired) electrons. The Kier molecular flexibility index (Phi) is 4.84. The number of nitrogens with two attached hydrogens (primary N) is 1. The van der Waals surface area contributed by atoms with Gasteiger partial charge in [0, 0.05) is 13.1 Å². The molecule has 1 saturated heterocycles. The van der Waals surface area contributed by atoms with E-state index >= 15 is 0 Å². The summed E-state index contributed by atoms with van der Waals surface area (Å²) in [6.45, 7) is 4.27. The Hall–Kier alpha value is -0.810. The number of likely N-dealkylation sites (tertiary alicyclic amines) is 1. The SMILES string of the molecule is CCC[C@@H]1CN(CC(N)=NO)CC[C@H]1O. The van der Waals surface area contributed by atoms with Gasteiger partial charge in [-0.2, -0.15) is 0 Å². The molecule has 0 spiro atoms. The highest BCUT2D eigenvalue weighted by atomic mass is 16.4. The zero-order valence-corrected chi connectivity index (χ0v) is 9.26. The van der Waals surface area contributed by atoms with Crippen LogP contribution in [-0.2, 0) is 0 Å². The maximum absolute atomic E-state index is 9.77. The predicted molar refractivity (Wildman–Crippen MR) is 58.9 cm³/mol. The summed E-state index contributed by atoms with van der Waals surface area (Å²) in [5.74, 6) is 0.567. The fraction of sp³-hybridized carbons (Fsp3) is 0.900. The van der Waals surface area contributed by atoms with Crippen LogP contribution in [-0.4, -0.2) is 46.8 Å². The summed E-state index contributed by atoms with van der Waals surface area (Å²) in [7, 11) is 0.